The van der Waals surface area contributed by atoms with Crippen LogP contribution >= 0.6 is 23.2 Å². The number of nitrogens with one attached hydrogen (secondary N) is 1. The molecule has 6 aromatic rings. The molecule has 6 aromatic carbocycles. The predicted molar refractivity (Wildman–Crippen MR) is 273 cm³/mol. The summed E-state index contributed by atoms with van der Waals surface area (Å²) in [6, 6.07) is 39.8. The predicted octanol–water partition coefficient (Wildman–Crippen LogP) is 8.68. The van der Waals surface area contributed by atoms with Gasteiger partial charge < -0.3 is 30.7 Å². The van der Waals surface area contributed by atoms with E-state index in [0.717, 1.165) is 103 Å². The van der Waals surface area contributed by atoms with Crippen molar-refractivity contribution in [3.63, 3.8) is 0 Å². The molecule has 4 aliphatic rings. The molecule has 0 radical (unpaired) electrons. The second kappa shape index (κ2) is 19.9. The van der Waals surface area contributed by atoms with E-state index in [1.807, 2.05) is 74.8 Å². The Labute approximate surface area is 402 Å². The van der Waals surface area contributed by atoms with E-state index >= 15 is 0 Å². The number of anilines is 2. The van der Waals surface area contributed by atoms with Gasteiger partial charge in [0.1, 0.15) is 23.8 Å². The number of carbonyl (C=O) groups is 3. The zero-order chi connectivity index (χ0) is 46.8. The zero-order valence-electron chi connectivity index (χ0n) is 38.2. The first kappa shape index (κ1) is 45.9. The van der Waals surface area contributed by atoms with Crippen molar-refractivity contribution in [3.05, 3.63) is 154 Å². The number of piperidine rings is 2. The van der Waals surface area contributed by atoms with Gasteiger partial charge in [0.15, 0.2) is 0 Å². The van der Waals surface area contributed by atoms with E-state index in [1.165, 1.54) is 16.2 Å². The van der Waals surface area contributed by atoms with Gasteiger partial charge in [-0.15, -0.1) is 0 Å². The van der Waals surface area contributed by atoms with Crippen LogP contribution in [0.1, 0.15) is 54.9 Å². The number of carbonyl (C=O) groups excluding carboxylic acids is 3. The molecular formula is C54H56Cl2N8O3. The zero-order valence-corrected chi connectivity index (χ0v) is 39.7. The summed E-state index contributed by atoms with van der Waals surface area (Å²) in [7, 11) is 3.64. The Morgan fingerprint density at radius 1 is 0.597 bits per heavy atom. The minimum Gasteiger partial charge on any atom is -0.356 e. The van der Waals surface area contributed by atoms with Crippen LogP contribution in [-0.4, -0.2) is 104 Å². The van der Waals surface area contributed by atoms with Gasteiger partial charge in [-0.1, -0.05) is 108 Å². The highest BCUT2D eigenvalue weighted by molar-refractivity contribution is 6.32. The van der Waals surface area contributed by atoms with Gasteiger partial charge in [-0.2, -0.15) is 0 Å². The van der Waals surface area contributed by atoms with Gasteiger partial charge >= 0.3 is 0 Å². The average Bonchev–Trinajstić information content (AvgIpc) is 3.49. The first-order chi connectivity index (χ1) is 32.4. The number of likely N-dealkylation sites (N-methyl/N-ethyl adjacent to an activating group) is 2. The second-order valence-corrected chi connectivity index (χ2v) is 19.0. The van der Waals surface area contributed by atoms with E-state index in [-0.39, 0.29) is 29.8 Å². The summed E-state index contributed by atoms with van der Waals surface area (Å²) < 4.78 is 0. The van der Waals surface area contributed by atoms with Crippen LogP contribution in [0.25, 0.3) is 21.5 Å². The van der Waals surface area contributed by atoms with E-state index in [2.05, 4.69) is 75.8 Å². The van der Waals surface area contributed by atoms with Crippen molar-refractivity contribution in [3.8, 4) is 0 Å². The van der Waals surface area contributed by atoms with Gasteiger partial charge in [-0.3, -0.25) is 24.4 Å². The lowest BCUT2D eigenvalue weighted by Crippen LogP contribution is -2.46. The van der Waals surface area contributed by atoms with E-state index in [9.17, 15) is 14.4 Å². The number of nitrogens with two attached hydrogens (primary N) is 1. The summed E-state index contributed by atoms with van der Waals surface area (Å²) >= 11 is 12.8. The molecule has 13 heteroatoms. The third kappa shape index (κ3) is 10.2. The van der Waals surface area contributed by atoms with Crippen molar-refractivity contribution in [1.82, 2.24) is 15.1 Å². The molecule has 2 atom stereocenters. The summed E-state index contributed by atoms with van der Waals surface area (Å²) in [6.07, 6.45) is 4.54. The summed E-state index contributed by atoms with van der Waals surface area (Å²) in [4.78, 5) is 56.6. The van der Waals surface area contributed by atoms with Crippen LogP contribution in [0.2, 0.25) is 10.0 Å². The number of amides is 3. The molecule has 10 rings (SSSR count). The number of fused-ring (bicyclic) bond motifs is 4. The Bertz CT molecular complexity index is 2900. The number of nitrogens with zero attached hydrogens (tertiary/aromatic N) is 6. The van der Waals surface area contributed by atoms with Crippen molar-refractivity contribution < 1.29 is 14.4 Å². The number of halogens is 2. The number of benzodiazepines with no additional fused rings is 2. The number of aliphatic imine (C=N–C) groups is 2. The maximum absolute atomic E-state index is 13.6. The standard InChI is InChI=1S/C28H29ClN4O2.C26H27ClN4O/c1-18(34)30-23-11-13-33(14-12-23)27-24-17-22(29)9-10-26(24)32(2)28(35)25(31-27)16-19-7-8-20-5-3-4-6-21(20)15-19;1-30-24-9-8-20(27)16-22(24)25(31-12-10-21(28)11-13-31)29-23(26(30)32)15-17-6-7-18-4-2-3-5-19(18)14-17/h3-10,15,17,23,25H,11-14,16H2,1-2H3,(H,30,34);2-9,14,16,21,23H,10-13,15,28H2,1H3. The molecule has 0 aromatic heterocycles. The molecule has 2 unspecified atom stereocenters. The molecule has 344 valence electrons. The topological polar surface area (TPSA) is 127 Å². The number of rotatable bonds is 5. The van der Waals surface area contributed by atoms with Crippen LogP contribution < -0.4 is 20.9 Å². The highest BCUT2D eigenvalue weighted by atomic mass is 35.5. The maximum atomic E-state index is 13.6. The van der Waals surface area contributed by atoms with E-state index in [1.54, 1.807) is 16.7 Å². The molecule has 4 heterocycles. The van der Waals surface area contributed by atoms with E-state index in [4.69, 9.17) is 38.9 Å². The van der Waals surface area contributed by atoms with E-state index < -0.39 is 12.1 Å². The van der Waals surface area contributed by atoms with Gasteiger partial charge in [0.05, 0.1) is 11.4 Å². The van der Waals surface area contributed by atoms with Crippen molar-refractivity contribution >= 4 is 85.5 Å². The lowest BCUT2D eigenvalue weighted by Gasteiger charge is -2.35. The number of amidine groups is 2. The molecular weight excluding hydrogens is 880 g/mol. The first-order valence-electron chi connectivity index (χ1n) is 23.2. The van der Waals surface area contributed by atoms with Crippen LogP contribution in [0.3, 0.4) is 0 Å². The van der Waals surface area contributed by atoms with Gasteiger partial charge in [-0.25, -0.2) is 0 Å². The fraction of sp³-hybridized carbons (Fsp3) is 0.315. The molecule has 0 saturated carbocycles. The highest BCUT2D eigenvalue weighted by Crippen LogP contribution is 2.33. The second-order valence-electron chi connectivity index (χ2n) is 18.1. The Kier molecular flexibility index (Phi) is 13.6. The van der Waals surface area contributed by atoms with Crippen molar-refractivity contribution in [2.75, 3.05) is 50.1 Å². The van der Waals surface area contributed by atoms with Gasteiger partial charge in [0.25, 0.3) is 11.8 Å². The van der Waals surface area contributed by atoms with Crippen molar-refractivity contribution in [2.24, 2.45) is 15.7 Å². The minimum atomic E-state index is -0.546. The summed E-state index contributed by atoms with van der Waals surface area (Å²) in [5.41, 5.74) is 11.7. The molecule has 0 bridgehead atoms. The third-order valence-electron chi connectivity index (χ3n) is 13.4. The number of hydrogen-bond donors (Lipinski definition) is 2. The summed E-state index contributed by atoms with van der Waals surface area (Å²) in [6.45, 7) is 4.70. The van der Waals surface area contributed by atoms with Crippen LogP contribution in [0, 0.1) is 0 Å². The van der Waals surface area contributed by atoms with Crippen LogP contribution in [0.4, 0.5) is 11.4 Å². The summed E-state index contributed by atoms with van der Waals surface area (Å²) in [5.74, 6) is 1.59. The molecule has 0 aliphatic carbocycles. The Morgan fingerprint density at radius 3 is 1.45 bits per heavy atom. The molecule has 3 amide bonds. The molecule has 2 saturated heterocycles. The highest BCUT2D eigenvalue weighted by Gasteiger charge is 2.35. The van der Waals surface area contributed by atoms with Gasteiger partial charge in [-0.05, 0) is 94.8 Å². The minimum absolute atomic E-state index is 0.00458. The molecule has 3 N–H and O–H groups in total. The average molecular weight is 936 g/mol. The maximum Gasteiger partial charge on any atom is 0.251 e. The molecule has 67 heavy (non-hydrogen) atoms. The Morgan fingerprint density at radius 2 is 1.01 bits per heavy atom. The first-order valence-corrected chi connectivity index (χ1v) is 23.9. The monoisotopic (exact) mass is 934 g/mol. The lowest BCUT2D eigenvalue weighted by molar-refractivity contribution is -0.120. The van der Waals surface area contributed by atoms with Crippen LogP contribution in [-0.2, 0) is 27.2 Å². The SMILES string of the molecule is CC(=O)NC1CCN(C2=NC(Cc3ccc4ccccc4c3)C(=O)N(C)c3ccc(Cl)cc32)CC1.CN1C(=O)C(Cc2ccc3ccccc3c2)N=C(N2CCC(N)CC2)c2cc(Cl)ccc21. The normalized spacial score (nSPS) is 19.2. The number of hydrogen-bond acceptors (Lipinski definition) is 8. The third-order valence-corrected chi connectivity index (χ3v) is 13.9. The number of benzene rings is 6. The lowest BCUT2D eigenvalue weighted by atomic mass is 10.0. The Balaban J connectivity index is 0.000000169. The molecule has 0 spiro atoms. The fourth-order valence-electron chi connectivity index (χ4n) is 9.77. The van der Waals surface area contributed by atoms with Gasteiger partial charge in [0.2, 0.25) is 5.91 Å². The van der Waals surface area contributed by atoms with Crippen molar-refractivity contribution in [1.29, 1.82) is 0 Å². The van der Waals surface area contributed by atoms with Gasteiger partial charge in [0, 0.05) is 93.3 Å². The molecule has 4 aliphatic heterocycles. The van der Waals surface area contributed by atoms with Crippen LogP contribution in [0.15, 0.2) is 131 Å². The fourth-order valence-corrected chi connectivity index (χ4v) is 10.1. The summed E-state index contributed by atoms with van der Waals surface area (Å²) in [5, 5.41) is 8.96. The smallest absolute Gasteiger partial charge is 0.251 e. The Hall–Kier alpha value is -6.27. The molecule has 2 fully saturated rings. The largest absolute Gasteiger partial charge is 0.356 e. The number of likely N-dealkylation sites (tertiary alicyclic amines) is 2. The quantitative estimate of drug-likeness (QED) is 0.178. The van der Waals surface area contributed by atoms with Crippen LogP contribution in [0.5, 0.6) is 0 Å². The van der Waals surface area contributed by atoms with E-state index in [0.29, 0.717) is 22.9 Å². The van der Waals surface area contributed by atoms with Crippen molar-refractivity contribution in [2.45, 2.75) is 69.6 Å². The molecule has 11 nitrogen and oxygen atoms in total.